The highest BCUT2D eigenvalue weighted by Gasteiger charge is 2.43. The summed E-state index contributed by atoms with van der Waals surface area (Å²) in [4.78, 5) is 12.6. The fraction of sp³-hybridized carbons (Fsp3) is 0.476. The van der Waals surface area contributed by atoms with Crippen LogP contribution in [0.15, 0.2) is 33.9 Å². The van der Waals surface area contributed by atoms with Gasteiger partial charge in [0.2, 0.25) is 5.91 Å². The lowest BCUT2D eigenvalue weighted by Gasteiger charge is -2.19. The Bertz CT molecular complexity index is 959. The maximum atomic E-state index is 12.6. The number of benzene rings is 1. The van der Waals surface area contributed by atoms with Crippen LogP contribution in [0, 0.1) is 0 Å². The van der Waals surface area contributed by atoms with Crippen molar-refractivity contribution in [2.45, 2.75) is 68.6 Å². The highest BCUT2D eigenvalue weighted by atomic mass is 32.2. The molecule has 1 aliphatic rings. The van der Waals surface area contributed by atoms with Crippen molar-refractivity contribution >= 4 is 27.3 Å². The van der Waals surface area contributed by atoms with Crippen LogP contribution in [-0.4, -0.2) is 19.4 Å². The monoisotopic (exact) mass is 421 g/mol. The van der Waals surface area contributed by atoms with Gasteiger partial charge in [-0.15, -0.1) is 11.3 Å². The number of hydrogen-bond acceptors (Lipinski definition) is 5. The van der Waals surface area contributed by atoms with Gasteiger partial charge >= 0.3 is 0 Å². The fourth-order valence-corrected chi connectivity index (χ4v) is 5.67. The van der Waals surface area contributed by atoms with Crippen LogP contribution >= 0.6 is 11.3 Å². The SMILES string of the molecule is CC(C)c1cccc(C(C)C)c1CC(=O)NS(=O)(=O)c1cc(C2(O)CC2)cs1. The van der Waals surface area contributed by atoms with Crippen LogP contribution in [0.25, 0.3) is 0 Å². The molecule has 1 aromatic carbocycles. The van der Waals surface area contributed by atoms with Crippen LogP contribution in [0.3, 0.4) is 0 Å². The number of sulfonamides is 1. The Kier molecular flexibility index (Phi) is 5.71. The molecule has 0 bridgehead atoms. The van der Waals surface area contributed by atoms with Gasteiger partial charge in [-0.25, -0.2) is 13.1 Å². The van der Waals surface area contributed by atoms with Crippen LogP contribution in [-0.2, 0) is 26.8 Å². The van der Waals surface area contributed by atoms with E-state index in [0.717, 1.165) is 28.0 Å². The number of rotatable bonds is 7. The molecule has 1 heterocycles. The molecule has 1 aliphatic carbocycles. The first-order valence-electron chi connectivity index (χ1n) is 9.52. The zero-order valence-corrected chi connectivity index (χ0v) is 18.3. The molecule has 1 amide bonds. The van der Waals surface area contributed by atoms with E-state index < -0.39 is 21.5 Å². The molecule has 152 valence electrons. The zero-order chi connectivity index (χ0) is 20.7. The fourth-order valence-electron chi connectivity index (χ4n) is 3.41. The molecule has 5 nitrogen and oxygen atoms in total. The molecule has 0 saturated heterocycles. The molecular formula is C21H27NO4S2. The van der Waals surface area contributed by atoms with E-state index in [1.54, 1.807) is 5.38 Å². The van der Waals surface area contributed by atoms with Crippen molar-refractivity contribution in [1.29, 1.82) is 0 Å². The summed E-state index contributed by atoms with van der Waals surface area (Å²) in [5, 5.41) is 11.8. The summed E-state index contributed by atoms with van der Waals surface area (Å²) in [5.41, 5.74) is 2.74. The van der Waals surface area contributed by atoms with E-state index in [0.29, 0.717) is 18.4 Å². The lowest BCUT2D eigenvalue weighted by Crippen LogP contribution is -2.32. The van der Waals surface area contributed by atoms with Crippen LogP contribution in [0.2, 0.25) is 0 Å². The van der Waals surface area contributed by atoms with E-state index in [9.17, 15) is 18.3 Å². The second-order valence-electron chi connectivity index (χ2n) is 8.12. The predicted molar refractivity (Wildman–Crippen MR) is 111 cm³/mol. The summed E-state index contributed by atoms with van der Waals surface area (Å²) in [6, 6.07) is 7.44. The Labute approximate surface area is 170 Å². The number of carbonyl (C=O) groups excluding carboxylic acids is 1. The molecule has 0 radical (unpaired) electrons. The van der Waals surface area contributed by atoms with E-state index >= 15 is 0 Å². The molecule has 0 unspecified atom stereocenters. The van der Waals surface area contributed by atoms with Gasteiger partial charge in [-0.05, 0) is 58.4 Å². The second kappa shape index (κ2) is 7.61. The average molecular weight is 422 g/mol. The maximum Gasteiger partial charge on any atom is 0.273 e. The van der Waals surface area contributed by atoms with Gasteiger partial charge in [0.25, 0.3) is 10.0 Å². The second-order valence-corrected chi connectivity index (χ2v) is 10.9. The van der Waals surface area contributed by atoms with Gasteiger partial charge in [0, 0.05) is 0 Å². The van der Waals surface area contributed by atoms with Gasteiger partial charge in [-0.3, -0.25) is 4.79 Å². The summed E-state index contributed by atoms with van der Waals surface area (Å²) in [6.07, 6.45) is 1.29. The number of nitrogens with one attached hydrogen (secondary N) is 1. The van der Waals surface area contributed by atoms with Crippen molar-refractivity contribution in [1.82, 2.24) is 4.72 Å². The molecule has 0 spiro atoms. The van der Waals surface area contributed by atoms with Crippen molar-refractivity contribution < 1.29 is 18.3 Å². The molecule has 0 atom stereocenters. The van der Waals surface area contributed by atoms with Gasteiger partial charge in [-0.2, -0.15) is 0 Å². The highest BCUT2D eigenvalue weighted by molar-refractivity contribution is 7.92. The van der Waals surface area contributed by atoms with Crippen molar-refractivity contribution in [3.05, 3.63) is 51.9 Å². The molecule has 2 N–H and O–H groups in total. The number of thiophene rings is 1. The first-order chi connectivity index (χ1) is 13.0. The summed E-state index contributed by atoms with van der Waals surface area (Å²) >= 11 is 1.03. The van der Waals surface area contributed by atoms with E-state index in [2.05, 4.69) is 32.4 Å². The van der Waals surface area contributed by atoms with Crippen molar-refractivity contribution in [3.8, 4) is 0 Å². The Morgan fingerprint density at radius 2 is 1.75 bits per heavy atom. The quantitative estimate of drug-likeness (QED) is 0.707. The molecule has 3 rings (SSSR count). The normalized spacial score (nSPS) is 15.8. The first-order valence-corrected chi connectivity index (χ1v) is 11.9. The first kappa shape index (κ1) is 21.0. The van der Waals surface area contributed by atoms with Gasteiger partial charge < -0.3 is 5.11 Å². The molecule has 1 saturated carbocycles. The summed E-state index contributed by atoms with van der Waals surface area (Å²) in [7, 11) is -3.95. The van der Waals surface area contributed by atoms with Crippen LogP contribution in [0.1, 0.15) is 74.6 Å². The minimum absolute atomic E-state index is 0.0171. The zero-order valence-electron chi connectivity index (χ0n) is 16.7. The average Bonchev–Trinajstić information content (AvgIpc) is 3.14. The molecule has 1 aromatic heterocycles. The third-order valence-corrected chi connectivity index (χ3v) is 7.99. The van der Waals surface area contributed by atoms with Crippen molar-refractivity contribution in [3.63, 3.8) is 0 Å². The largest absolute Gasteiger partial charge is 0.385 e. The standard InChI is InChI=1S/C21H27NO4S2/c1-13(2)16-6-5-7-17(14(3)4)18(16)11-19(23)22-28(25,26)20-10-15(12-27-20)21(24)8-9-21/h5-7,10,12-14,24H,8-9,11H2,1-4H3,(H,22,23). The Balaban J connectivity index is 1.81. The van der Waals surface area contributed by atoms with Gasteiger partial charge in [0.1, 0.15) is 4.21 Å². The van der Waals surface area contributed by atoms with E-state index in [4.69, 9.17) is 0 Å². The number of amides is 1. The third-order valence-electron chi connectivity index (χ3n) is 5.18. The molecule has 28 heavy (non-hydrogen) atoms. The van der Waals surface area contributed by atoms with Gasteiger partial charge in [-0.1, -0.05) is 45.9 Å². The third kappa shape index (κ3) is 4.31. The number of carbonyl (C=O) groups is 1. The van der Waals surface area contributed by atoms with Crippen molar-refractivity contribution in [2.24, 2.45) is 0 Å². The van der Waals surface area contributed by atoms with E-state index in [1.165, 1.54) is 6.07 Å². The molecular weight excluding hydrogens is 394 g/mol. The minimum Gasteiger partial charge on any atom is -0.385 e. The molecule has 0 aliphatic heterocycles. The van der Waals surface area contributed by atoms with E-state index in [1.807, 2.05) is 18.2 Å². The smallest absolute Gasteiger partial charge is 0.273 e. The number of aliphatic hydroxyl groups is 1. The highest BCUT2D eigenvalue weighted by Crippen LogP contribution is 2.47. The minimum atomic E-state index is -3.95. The lowest BCUT2D eigenvalue weighted by atomic mass is 9.87. The Morgan fingerprint density at radius 1 is 1.18 bits per heavy atom. The van der Waals surface area contributed by atoms with Gasteiger partial charge in [0.05, 0.1) is 12.0 Å². The molecule has 1 fully saturated rings. The predicted octanol–water partition coefficient (Wildman–Crippen LogP) is 4.02. The number of hydrogen-bond donors (Lipinski definition) is 2. The summed E-state index contributed by atoms with van der Waals surface area (Å²) in [6.45, 7) is 8.25. The Hall–Kier alpha value is -1.70. The van der Waals surface area contributed by atoms with Crippen LogP contribution in [0.5, 0.6) is 0 Å². The topological polar surface area (TPSA) is 83.5 Å². The van der Waals surface area contributed by atoms with Crippen LogP contribution in [0.4, 0.5) is 0 Å². The molecule has 7 heteroatoms. The van der Waals surface area contributed by atoms with Crippen LogP contribution < -0.4 is 4.72 Å². The Morgan fingerprint density at radius 3 is 2.25 bits per heavy atom. The van der Waals surface area contributed by atoms with Gasteiger partial charge in [0.15, 0.2) is 0 Å². The van der Waals surface area contributed by atoms with Crippen molar-refractivity contribution in [2.75, 3.05) is 0 Å². The summed E-state index contributed by atoms with van der Waals surface area (Å²) < 4.78 is 27.5. The maximum absolute atomic E-state index is 12.6. The molecule has 2 aromatic rings. The lowest BCUT2D eigenvalue weighted by molar-refractivity contribution is -0.118. The van der Waals surface area contributed by atoms with E-state index in [-0.39, 0.29) is 22.5 Å². The summed E-state index contributed by atoms with van der Waals surface area (Å²) in [5.74, 6) is -0.0791.